The minimum absolute atomic E-state index is 0.0517. The van der Waals surface area contributed by atoms with E-state index in [1.165, 1.54) is 16.6 Å². The third kappa shape index (κ3) is 3.97. The molecule has 0 fully saturated rings. The molecule has 0 atom stereocenters. The number of hydrogen-bond donors (Lipinski definition) is 1. The Kier molecular flexibility index (Phi) is 6.14. The molecule has 9 heteroatoms. The molecule has 30 heavy (non-hydrogen) atoms. The molecule has 1 aliphatic rings. The molecule has 1 aromatic carbocycles. The Bertz CT molecular complexity index is 1240. The average molecular weight is 459 g/mol. The van der Waals surface area contributed by atoms with Crippen LogP contribution in [-0.2, 0) is 17.6 Å². The fraction of sp³-hybridized carbons (Fsp3) is 0.333. The molecule has 0 saturated carbocycles. The number of benzene rings is 1. The third-order valence-electron chi connectivity index (χ3n) is 5.07. The summed E-state index contributed by atoms with van der Waals surface area (Å²) in [4.78, 5) is 32.4. The Morgan fingerprint density at radius 1 is 1.40 bits per heavy atom. The van der Waals surface area contributed by atoms with Crippen LogP contribution >= 0.6 is 34.7 Å². The van der Waals surface area contributed by atoms with E-state index in [1.807, 2.05) is 25.1 Å². The molecule has 2 heterocycles. The van der Waals surface area contributed by atoms with Gasteiger partial charge in [-0.15, -0.1) is 11.3 Å². The lowest BCUT2D eigenvalue weighted by Gasteiger charge is -2.14. The number of thioether (sulfide) groups is 1. The highest BCUT2D eigenvalue weighted by Gasteiger charge is 2.23. The van der Waals surface area contributed by atoms with E-state index >= 15 is 0 Å². The smallest absolute Gasteiger partial charge is 0.267 e. The summed E-state index contributed by atoms with van der Waals surface area (Å²) in [5.74, 6) is -0.223. The van der Waals surface area contributed by atoms with Gasteiger partial charge in [-0.05, 0) is 55.9 Å². The number of rotatable bonds is 5. The number of fused-ring (bicyclic) bond motifs is 3. The topological polar surface area (TPSA) is 87.8 Å². The van der Waals surface area contributed by atoms with E-state index in [-0.39, 0.29) is 23.8 Å². The van der Waals surface area contributed by atoms with Gasteiger partial charge < -0.3 is 5.32 Å². The third-order valence-corrected chi connectivity index (χ3v) is 7.60. The van der Waals surface area contributed by atoms with Crippen LogP contribution in [0.1, 0.15) is 28.8 Å². The van der Waals surface area contributed by atoms with E-state index in [0.717, 1.165) is 41.6 Å². The maximum Gasteiger partial charge on any atom is 0.267 e. The fourth-order valence-corrected chi connectivity index (χ4v) is 5.87. The molecule has 6 nitrogen and oxygen atoms in total. The van der Waals surface area contributed by atoms with Crippen molar-refractivity contribution in [3.63, 3.8) is 0 Å². The largest absolute Gasteiger partial charge is 0.342 e. The van der Waals surface area contributed by atoms with Crippen LogP contribution in [0.25, 0.3) is 15.9 Å². The molecule has 0 spiro atoms. The van der Waals surface area contributed by atoms with Gasteiger partial charge in [0.05, 0.1) is 22.9 Å². The number of carbonyl (C=O) groups is 1. The molecule has 0 aliphatic heterocycles. The van der Waals surface area contributed by atoms with Crippen molar-refractivity contribution in [2.24, 2.45) is 0 Å². The number of aromatic nitrogens is 2. The minimum Gasteiger partial charge on any atom is -0.342 e. The second-order valence-corrected chi connectivity index (χ2v) is 9.52. The maximum atomic E-state index is 13.6. The Labute approximate surface area is 186 Å². The van der Waals surface area contributed by atoms with Crippen molar-refractivity contribution >= 4 is 50.8 Å². The van der Waals surface area contributed by atoms with Crippen LogP contribution in [-0.4, -0.2) is 27.8 Å². The molecule has 4 rings (SSSR count). The Morgan fingerprint density at radius 3 is 2.97 bits per heavy atom. The van der Waals surface area contributed by atoms with Crippen LogP contribution < -0.4 is 10.9 Å². The highest BCUT2D eigenvalue weighted by Crippen LogP contribution is 2.35. The molecule has 154 valence electrons. The van der Waals surface area contributed by atoms with Crippen molar-refractivity contribution < 1.29 is 4.79 Å². The molecular weight excluding hydrogens is 440 g/mol. The van der Waals surface area contributed by atoms with Gasteiger partial charge >= 0.3 is 0 Å². The van der Waals surface area contributed by atoms with Gasteiger partial charge in [0.15, 0.2) is 5.16 Å². The molecule has 0 bridgehead atoms. The van der Waals surface area contributed by atoms with Crippen molar-refractivity contribution in [3.8, 4) is 11.8 Å². The maximum absolute atomic E-state index is 13.6. The number of aryl methyl sites for hydroxylation is 3. The van der Waals surface area contributed by atoms with Crippen molar-refractivity contribution in [1.29, 1.82) is 5.26 Å². The molecular formula is C21H19ClN4O2S2. The van der Waals surface area contributed by atoms with Gasteiger partial charge in [0.1, 0.15) is 11.4 Å². The summed E-state index contributed by atoms with van der Waals surface area (Å²) in [7, 11) is 0. The number of hydrogen-bond acceptors (Lipinski definition) is 6. The van der Waals surface area contributed by atoms with Gasteiger partial charge in [-0.1, -0.05) is 29.4 Å². The summed E-state index contributed by atoms with van der Waals surface area (Å²) in [6.45, 7) is 1.85. The molecule has 3 aromatic rings. The minimum atomic E-state index is -0.283. The SMILES string of the molecule is Cc1ccc(-n2c(SCC(=O)NCC#N)nc3sc4c(c3c2=O)CCCC4)cc1Cl. The van der Waals surface area contributed by atoms with Crippen molar-refractivity contribution in [2.75, 3.05) is 12.3 Å². The summed E-state index contributed by atoms with van der Waals surface area (Å²) >= 11 is 9.09. The monoisotopic (exact) mass is 458 g/mol. The van der Waals surface area contributed by atoms with Crippen molar-refractivity contribution in [3.05, 3.63) is 49.6 Å². The highest BCUT2D eigenvalue weighted by molar-refractivity contribution is 7.99. The standard InChI is InChI=1S/C21H19ClN4O2S2/c1-12-6-7-13(10-15(12)22)26-20(28)18-14-4-2-3-5-16(14)30-19(18)25-21(26)29-11-17(27)24-9-8-23/h6-7,10H,2-5,9,11H2,1H3,(H,24,27). The first kappa shape index (κ1) is 20.9. The Hall–Kier alpha value is -2.34. The molecule has 0 saturated heterocycles. The molecule has 1 amide bonds. The van der Waals surface area contributed by atoms with E-state index in [0.29, 0.717) is 21.3 Å². The lowest BCUT2D eigenvalue weighted by Crippen LogP contribution is -2.26. The second-order valence-electron chi connectivity index (χ2n) is 7.08. The molecule has 1 N–H and O–H groups in total. The van der Waals surface area contributed by atoms with Crippen molar-refractivity contribution in [2.45, 2.75) is 37.8 Å². The number of thiophene rings is 1. The van der Waals surface area contributed by atoms with Gasteiger partial charge in [0.2, 0.25) is 5.91 Å². The summed E-state index contributed by atoms with van der Waals surface area (Å²) in [5, 5.41) is 12.8. The summed E-state index contributed by atoms with van der Waals surface area (Å²) < 4.78 is 1.55. The molecule has 0 unspecified atom stereocenters. The lowest BCUT2D eigenvalue weighted by molar-refractivity contribution is -0.118. The van der Waals surface area contributed by atoms with Crippen LogP contribution in [0.4, 0.5) is 0 Å². The second kappa shape index (κ2) is 8.80. The van der Waals surface area contributed by atoms with Crippen LogP contribution in [0.3, 0.4) is 0 Å². The highest BCUT2D eigenvalue weighted by atomic mass is 35.5. The van der Waals surface area contributed by atoms with Crippen molar-refractivity contribution in [1.82, 2.24) is 14.9 Å². The fourth-order valence-electron chi connectivity index (χ4n) is 3.55. The zero-order valence-electron chi connectivity index (χ0n) is 16.3. The lowest BCUT2D eigenvalue weighted by atomic mass is 9.97. The number of nitrogens with one attached hydrogen (secondary N) is 1. The predicted molar refractivity (Wildman–Crippen MR) is 121 cm³/mol. The van der Waals surface area contributed by atoms with Gasteiger partial charge in [-0.2, -0.15) is 5.26 Å². The number of nitrogens with zero attached hydrogens (tertiary/aromatic N) is 3. The summed E-state index contributed by atoms with van der Waals surface area (Å²) in [5.41, 5.74) is 2.54. The van der Waals surface area contributed by atoms with Crippen LogP contribution in [0.2, 0.25) is 5.02 Å². The quantitative estimate of drug-likeness (QED) is 0.354. The van der Waals surface area contributed by atoms with Gasteiger partial charge in [0.25, 0.3) is 5.56 Å². The summed E-state index contributed by atoms with van der Waals surface area (Å²) in [6, 6.07) is 7.34. The predicted octanol–water partition coefficient (Wildman–Crippen LogP) is 4.02. The van der Waals surface area contributed by atoms with Gasteiger partial charge in [-0.3, -0.25) is 14.2 Å². The number of halogens is 1. The van der Waals surface area contributed by atoms with E-state index in [4.69, 9.17) is 21.8 Å². The van der Waals surface area contributed by atoms with Crippen LogP contribution in [0.5, 0.6) is 0 Å². The molecule has 1 aliphatic carbocycles. The van der Waals surface area contributed by atoms with E-state index < -0.39 is 0 Å². The van der Waals surface area contributed by atoms with E-state index in [9.17, 15) is 9.59 Å². The number of nitriles is 1. The molecule has 2 aromatic heterocycles. The first-order chi connectivity index (χ1) is 14.5. The zero-order valence-corrected chi connectivity index (χ0v) is 18.7. The Morgan fingerprint density at radius 2 is 2.20 bits per heavy atom. The normalized spacial score (nSPS) is 13.1. The molecule has 0 radical (unpaired) electrons. The van der Waals surface area contributed by atoms with E-state index in [1.54, 1.807) is 22.0 Å². The summed E-state index contributed by atoms with van der Waals surface area (Å²) in [6.07, 6.45) is 4.07. The first-order valence-corrected chi connectivity index (χ1v) is 11.8. The number of amides is 1. The van der Waals surface area contributed by atoms with Gasteiger partial charge in [-0.25, -0.2) is 4.98 Å². The zero-order chi connectivity index (χ0) is 21.3. The first-order valence-electron chi connectivity index (χ1n) is 9.60. The number of carbonyl (C=O) groups excluding carboxylic acids is 1. The van der Waals surface area contributed by atoms with Crippen LogP contribution in [0, 0.1) is 18.3 Å². The van der Waals surface area contributed by atoms with Crippen LogP contribution in [0.15, 0.2) is 28.2 Å². The van der Waals surface area contributed by atoms with Gasteiger partial charge in [0, 0.05) is 9.90 Å². The Balaban J connectivity index is 1.85. The average Bonchev–Trinajstić information content (AvgIpc) is 3.11. The van der Waals surface area contributed by atoms with E-state index in [2.05, 4.69) is 5.32 Å².